The number of rotatable bonds is 2. The topological polar surface area (TPSA) is 9.23 Å². The second-order valence-corrected chi connectivity index (χ2v) is 25.8. The number of hydrogen-bond donors (Lipinski definition) is 0. The van der Waals surface area contributed by atoms with E-state index in [2.05, 4.69) is 97.7 Å². The quantitative estimate of drug-likeness (QED) is 0.302. The molecule has 1 heterocycles. The van der Waals surface area contributed by atoms with Crippen LogP contribution in [0.4, 0.5) is 0 Å². The van der Waals surface area contributed by atoms with Crippen LogP contribution in [-0.4, -0.2) is 36.3 Å². The minimum absolute atomic E-state index is 1.17. The second-order valence-electron chi connectivity index (χ2n) is 7.14. The third kappa shape index (κ3) is 2.60. The summed E-state index contributed by atoms with van der Waals surface area (Å²) in [4.78, 5) is 0. The molecule has 0 radical (unpaired) electrons. The number of halogens is 1. The Kier molecular flexibility index (Phi) is 4.40. The Morgan fingerprint density at radius 1 is 0.714 bits per heavy atom. The molecule has 6 rings (SSSR count). The molecule has 4 aromatic carbocycles. The second kappa shape index (κ2) is 6.85. The van der Waals surface area contributed by atoms with Gasteiger partial charge < -0.3 is 0 Å². The van der Waals surface area contributed by atoms with Gasteiger partial charge in [0.25, 0.3) is 0 Å². The molecule has 0 spiro atoms. The van der Waals surface area contributed by atoms with Crippen molar-refractivity contribution in [1.82, 2.24) is 0 Å². The number of benzene rings is 4. The summed E-state index contributed by atoms with van der Waals surface area (Å²) in [5.74, 6) is 0. The van der Waals surface area contributed by atoms with Gasteiger partial charge in [-0.1, -0.05) is 0 Å². The fourth-order valence-corrected chi connectivity index (χ4v) is 31.6. The average Bonchev–Trinajstić information content (AvgIpc) is 3.19. The van der Waals surface area contributed by atoms with Gasteiger partial charge in [-0.15, -0.1) is 0 Å². The molecule has 0 fully saturated rings. The molecule has 0 unspecified atom stereocenters. The van der Waals surface area contributed by atoms with Crippen molar-refractivity contribution in [3.63, 3.8) is 0 Å². The summed E-state index contributed by atoms with van der Waals surface area (Å²) in [5, 5.41) is 3.06. The first-order valence-corrected chi connectivity index (χ1v) is 21.2. The molecule has 1 aliphatic carbocycles. The van der Waals surface area contributed by atoms with Crippen molar-refractivity contribution in [1.29, 1.82) is 0 Å². The van der Waals surface area contributed by atoms with Gasteiger partial charge in [-0.2, -0.15) is 0 Å². The molecule has 0 aromatic heterocycles. The van der Waals surface area contributed by atoms with Gasteiger partial charge in [0.05, 0.1) is 0 Å². The molecule has 4 heteroatoms. The Balaban J connectivity index is 1.72. The number of aryl methyl sites for hydroxylation is 2. The van der Waals surface area contributed by atoms with E-state index in [0.29, 0.717) is 0 Å². The fraction of sp³-hybridized carbons (Fsp3) is 0.0833. The summed E-state index contributed by atoms with van der Waals surface area (Å²) in [6.45, 7) is 0. The van der Waals surface area contributed by atoms with E-state index in [-0.39, 0.29) is 0 Å². The van der Waals surface area contributed by atoms with Crippen molar-refractivity contribution in [2.45, 2.75) is 12.8 Å². The zero-order chi connectivity index (χ0) is 18.7. The van der Waals surface area contributed by atoms with E-state index < -0.39 is 36.3 Å². The van der Waals surface area contributed by atoms with Crippen LogP contribution < -0.4 is 14.4 Å². The van der Waals surface area contributed by atoms with Crippen LogP contribution in [0, 0.1) is 0 Å². The van der Waals surface area contributed by atoms with Crippen molar-refractivity contribution >= 4 is 74.3 Å². The Bertz CT molecular complexity index is 1200. The van der Waals surface area contributed by atoms with Crippen LogP contribution in [0.1, 0.15) is 11.1 Å². The van der Waals surface area contributed by atoms with Gasteiger partial charge in [0.2, 0.25) is 0 Å². The zero-order valence-corrected chi connectivity index (χ0v) is 21.3. The SMILES string of the molecule is Br[Te@@]1(c2ccccc2)O[Te+](c2ccccc2)c2ccc3c4c(ccc1c24)CC3. The van der Waals surface area contributed by atoms with Gasteiger partial charge in [0.15, 0.2) is 0 Å². The number of hydrogen-bond acceptors (Lipinski definition) is 1. The fourth-order valence-electron chi connectivity index (χ4n) is 4.28. The molecule has 1 atom stereocenters. The van der Waals surface area contributed by atoms with Crippen LogP contribution in [0.3, 0.4) is 0 Å². The Morgan fingerprint density at radius 3 is 2.07 bits per heavy atom. The molecular weight excluding hydrogens is 639 g/mol. The molecule has 4 aromatic rings. The summed E-state index contributed by atoms with van der Waals surface area (Å²) >= 11 is -1.00. The van der Waals surface area contributed by atoms with Crippen LogP contribution in [0.2, 0.25) is 0 Å². The first-order chi connectivity index (χ1) is 13.8. The Morgan fingerprint density at radius 2 is 1.36 bits per heavy atom. The summed E-state index contributed by atoms with van der Waals surface area (Å²) in [6.07, 6.45) is 2.34. The summed E-state index contributed by atoms with van der Waals surface area (Å²) in [7, 11) is 0. The molecule has 0 saturated heterocycles. The molecule has 0 N–H and O–H groups in total. The molecule has 2 aliphatic rings. The monoisotopic (exact) mass is 661 g/mol. The van der Waals surface area contributed by atoms with Crippen LogP contribution in [0.5, 0.6) is 0 Å². The summed E-state index contributed by atoms with van der Waals surface area (Å²) < 4.78 is 12.9. The van der Waals surface area contributed by atoms with Gasteiger partial charge >= 0.3 is 185 Å². The van der Waals surface area contributed by atoms with Crippen LogP contribution >= 0.6 is 12.8 Å². The molecule has 1 aliphatic heterocycles. The Hall–Kier alpha value is -0.841. The van der Waals surface area contributed by atoms with Gasteiger partial charge in [0, 0.05) is 0 Å². The van der Waals surface area contributed by atoms with Crippen LogP contribution in [0.15, 0.2) is 84.9 Å². The van der Waals surface area contributed by atoms with Gasteiger partial charge in [-0.3, -0.25) is 0 Å². The minimum atomic E-state index is -3.12. The predicted octanol–water partition coefficient (Wildman–Crippen LogP) is 3.03. The molecule has 0 amide bonds. The van der Waals surface area contributed by atoms with E-state index in [0.717, 1.165) is 0 Å². The maximum atomic E-state index is 7.24. The standard InChI is InChI=1S/C24H18BrOTe2/c25-28(20-9-5-2-6-10-20)22-16-14-18-12-11-17-13-15-21(24(22)23(17)18)27(26-28)19-7-3-1-4-8-19/h1-10,13-16H,11-12H2/q+1. The van der Waals surface area contributed by atoms with Crippen LogP contribution in [-0.2, 0) is 14.3 Å². The van der Waals surface area contributed by atoms with Crippen molar-refractivity contribution in [3.8, 4) is 0 Å². The summed E-state index contributed by atoms with van der Waals surface area (Å²) in [6, 6.07) is 31.3. The van der Waals surface area contributed by atoms with Crippen molar-refractivity contribution in [2.24, 2.45) is 0 Å². The maximum absolute atomic E-state index is 7.24. The van der Waals surface area contributed by atoms with Crippen LogP contribution in [0.25, 0.3) is 10.8 Å². The van der Waals surface area contributed by atoms with Crippen molar-refractivity contribution in [2.75, 3.05) is 0 Å². The first kappa shape index (κ1) is 18.0. The third-order valence-corrected chi connectivity index (χ3v) is 31.6. The predicted molar refractivity (Wildman–Crippen MR) is 124 cm³/mol. The molecule has 138 valence electrons. The molecule has 28 heavy (non-hydrogen) atoms. The normalized spacial score (nSPS) is 20.6. The first-order valence-electron chi connectivity index (χ1n) is 9.40. The van der Waals surface area contributed by atoms with Gasteiger partial charge in [-0.25, -0.2) is 0 Å². The van der Waals surface area contributed by atoms with Gasteiger partial charge in [0.1, 0.15) is 0 Å². The zero-order valence-electron chi connectivity index (χ0n) is 15.1. The van der Waals surface area contributed by atoms with Crippen molar-refractivity contribution in [3.05, 3.63) is 96.1 Å². The van der Waals surface area contributed by atoms with E-state index in [1.807, 2.05) is 0 Å². The van der Waals surface area contributed by atoms with E-state index in [4.69, 9.17) is 1.47 Å². The van der Waals surface area contributed by atoms with Crippen molar-refractivity contribution < 1.29 is 1.47 Å². The van der Waals surface area contributed by atoms with Gasteiger partial charge in [-0.05, 0) is 0 Å². The van der Waals surface area contributed by atoms with E-state index in [9.17, 15) is 0 Å². The molecule has 0 bridgehead atoms. The van der Waals surface area contributed by atoms with E-state index in [1.54, 1.807) is 0 Å². The van der Waals surface area contributed by atoms with E-state index >= 15 is 0 Å². The third-order valence-electron chi connectivity index (χ3n) is 5.57. The molecule has 0 saturated carbocycles. The molecular formula is C24H18BrOTe2+. The molecule has 1 nitrogen and oxygen atoms in total. The van der Waals surface area contributed by atoms with E-state index in [1.165, 1.54) is 49.2 Å². The average molecular weight is 658 g/mol. The Labute approximate surface area is 183 Å². The summed E-state index contributed by atoms with van der Waals surface area (Å²) in [5.41, 5.74) is 3.05.